The van der Waals surface area contributed by atoms with Crippen molar-refractivity contribution in [3.63, 3.8) is 0 Å². The average Bonchev–Trinajstić information content (AvgIpc) is 1.47. The maximum Gasteiger partial charge on any atom is 0.311 e. The summed E-state index contributed by atoms with van der Waals surface area (Å²) in [5.74, 6) is -4.07. The Balaban J connectivity index is 0.000000286. The van der Waals surface area contributed by atoms with Gasteiger partial charge in [-0.25, -0.2) is 9.98 Å². The molecule has 28 heteroatoms. The van der Waals surface area contributed by atoms with Crippen molar-refractivity contribution >= 4 is 23.7 Å². The van der Waals surface area contributed by atoms with E-state index in [1.165, 1.54) is 28.1 Å². The minimum Gasteiger partial charge on any atom is -0.472 e. The quantitative estimate of drug-likeness (QED) is 0.108. The molecule has 8 aliphatic rings. The van der Waals surface area contributed by atoms with E-state index in [1.54, 1.807) is 69.2 Å². The Kier molecular flexibility index (Phi) is 28.7. The van der Waals surface area contributed by atoms with Crippen molar-refractivity contribution in [1.82, 2.24) is 9.80 Å². The first-order chi connectivity index (χ1) is 47.2. The van der Waals surface area contributed by atoms with Crippen LogP contribution in [0.25, 0.3) is 0 Å². The van der Waals surface area contributed by atoms with Crippen LogP contribution in [0.3, 0.4) is 0 Å². The molecular formula is C74H132N4O24. The van der Waals surface area contributed by atoms with Gasteiger partial charge in [-0.05, 0) is 151 Å². The molecule has 8 N–H and O–H groups in total. The van der Waals surface area contributed by atoms with Crippen LogP contribution < -0.4 is 0 Å². The van der Waals surface area contributed by atoms with Crippen LogP contribution in [0.4, 0.5) is 0 Å². The Morgan fingerprint density at radius 2 is 0.804 bits per heavy atom. The molecule has 28 nitrogen and oxygen atoms in total. The number of hydrogen-bond acceptors (Lipinski definition) is 28. The van der Waals surface area contributed by atoms with Gasteiger partial charge in [-0.1, -0.05) is 41.5 Å². The molecule has 102 heavy (non-hydrogen) atoms. The second-order valence-corrected chi connectivity index (χ2v) is 33.1. The van der Waals surface area contributed by atoms with Crippen LogP contribution in [0.1, 0.15) is 190 Å². The molecule has 0 saturated carbocycles. The Labute approximate surface area is 606 Å². The minimum absolute atomic E-state index is 0.163. The monoisotopic (exact) mass is 1460 g/mol. The first-order valence-corrected chi connectivity index (χ1v) is 37.3. The number of hydrogen-bond donors (Lipinski definition) is 8. The number of likely N-dealkylation sites (N-methyl/N-ethyl adjacent to an activating group) is 2. The normalized spacial score (nSPS) is 50.3. The first kappa shape index (κ1) is 86.3. The predicted molar refractivity (Wildman–Crippen MR) is 376 cm³/mol. The third-order valence-electron chi connectivity index (χ3n) is 23.9. The molecule has 4 bridgehead atoms. The van der Waals surface area contributed by atoms with Gasteiger partial charge in [-0.3, -0.25) is 9.59 Å². The van der Waals surface area contributed by atoms with Crippen LogP contribution in [0, 0.1) is 35.5 Å². The zero-order chi connectivity index (χ0) is 76.8. The molecule has 0 aliphatic carbocycles. The number of methoxy groups -OCH3 is 2. The summed E-state index contributed by atoms with van der Waals surface area (Å²) in [4.78, 5) is 41.8. The van der Waals surface area contributed by atoms with Gasteiger partial charge in [-0.2, -0.15) is 0 Å². The summed E-state index contributed by atoms with van der Waals surface area (Å²) in [6.45, 7) is 35.7. The minimum atomic E-state index is -1.84. The Morgan fingerprint density at radius 1 is 0.480 bits per heavy atom. The van der Waals surface area contributed by atoms with E-state index in [2.05, 4.69) is 0 Å². The van der Waals surface area contributed by atoms with Crippen LogP contribution in [0.2, 0.25) is 0 Å². The van der Waals surface area contributed by atoms with E-state index >= 15 is 0 Å². The standard InChI is InChI=1S/2C37H66N2O12/c2*1-14-25-37(10,44)29(41)22(6)38-32-18(2)16-36(9,51-32)31(50-34-27(40)24(39(11)12)15-19(3)46-34)20(4)28(21(5)33(43)48-25)49-26-17-35(8,45-13)30(42)23(7)47-26/h2*18-31,34,40-42,44H,14-17H2,1-13H3/t2*18-,19-,20+,21-,22-,23+,24+,25-,26+,27-,28+,29-,30+,31-,34+,35-,36-,37-/m11/s1. The maximum atomic E-state index is 14.2. The number of ether oxygens (including phenoxy) is 14. The third kappa shape index (κ3) is 18.3. The van der Waals surface area contributed by atoms with Crippen molar-refractivity contribution < 1.29 is 117 Å². The molecule has 6 fully saturated rings. The molecule has 0 unspecified atom stereocenters. The Hall–Kier alpha value is -2.92. The van der Waals surface area contributed by atoms with E-state index in [-0.39, 0.29) is 61.8 Å². The van der Waals surface area contributed by atoms with Crippen LogP contribution >= 0.6 is 0 Å². The number of aliphatic imine (C=N–C) groups is 2. The highest BCUT2D eigenvalue weighted by Gasteiger charge is 2.59. The Bertz CT molecular complexity index is 2620. The van der Waals surface area contributed by atoms with Crippen molar-refractivity contribution in [3.05, 3.63) is 0 Å². The van der Waals surface area contributed by atoms with Crippen molar-refractivity contribution in [2.45, 2.75) is 370 Å². The van der Waals surface area contributed by atoms with Gasteiger partial charge in [-0.15, -0.1) is 0 Å². The van der Waals surface area contributed by atoms with Gasteiger partial charge in [0, 0.05) is 75.7 Å². The molecule has 0 spiro atoms. The number of aliphatic hydroxyl groups is 8. The van der Waals surface area contributed by atoms with E-state index < -0.39 is 192 Å². The van der Waals surface area contributed by atoms with E-state index in [9.17, 15) is 50.4 Å². The van der Waals surface area contributed by atoms with Gasteiger partial charge in [0.05, 0.1) is 71.7 Å². The number of esters is 2. The largest absolute Gasteiger partial charge is 0.472 e. The first-order valence-electron chi connectivity index (χ1n) is 37.3. The molecule has 0 aromatic carbocycles. The van der Waals surface area contributed by atoms with Gasteiger partial charge < -0.3 is 117 Å². The summed E-state index contributed by atoms with van der Waals surface area (Å²) in [5.41, 5.74) is -7.82. The zero-order valence-corrected chi connectivity index (χ0v) is 65.9. The molecule has 6 saturated heterocycles. The van der Waals surface area contributed by atoms with Crippen LogP contribution in [-0.2, 0) is 75.9 Å². The smallest absolute Gasteiger partial charge is 0.311 e. The van der Waals surface area contributed by atoms with Gasteiger partial charge in [0.1, 0.15) is 83.4 Å². The molecule has 0 radical (unpaired) electrons. The predicted octanol–water partition coefficient (Wildman–Crippen LogP) is 4.81. The maximum absolute atomic E-state index is 14.2. The van der Waals surface area contributed by atoms with Crippen molar-refractivity contribution in [2.24, 2.45) is 45.5 Å². The number of fused-ring (bicyclic) bond motifs is 4. The number of aliphatic hydroxyl groups excluding tert-OH is 6. The fourth-order valence-electron chi connectivity index (χ4n) is 17.2. The highest BCUT2D eigenvalue weighted by Crippen LogP contribution is 2.48. The van der Waals surface area contributed by atoms with Crippen molar-refractivity contribution in [2.75, 3.05) is 42.4 Å². The Morgan fingerprint density at radius 3 is 1.10 bits per heavy atom. The summed E-state index contributed by atoms with van der Waals surface area (Å²) in [6.07, 6.45) is -15.1. The zero-order valence-electron chi connectivity index (χ0n) is 65.9. The summed E-state index contributed by atoms with van der Waals surface area (Å²) in [7, 11) is 10.7. The lowest BCUT2D eigenvalue weighted by Gasteiger charge is -2.48. The van der Waals surface area contributed by atoms with E-state index in [1.807, 2.05) is 93.4 Å². The highest BCUT2D eigenvalue weighted by molar-refractivity contribution is 5.82. The molecule has 0 aromatic rings. The van der Waals surface area contributed by atoms with Gasteiger partial charge in [0.25, 0.3) is 0 Å². The highest BCUT2D eigenvalue weighted by atomic mass is 16.7. The summed E-state index contributed by atoms with van der Waals surface area (Å²) >= 11 is 0. The number of rotatable bonds is 14. The molecule has 8 heterocycles. The van der Waals surface area contributed by atoms with Crippen molar-refractivity contribution in [1.29, 1.82) is 0 Å². The fourth-order valence-corrected chi connectivity index (χ4v) is 17.2. The number of cyclic esters (lactones) is 2. The lowest BCUT2D eigenvalue weighted by Crippen LogP contribution is -2.60. The van der Waals surface area contributed by atoms with Gasteiger partial charge in [0.15, 0.2) is 37.0 Å². The van der Waals surface area contributed by atoms with Gasteiger partial charge in [0.2, 0.25) is 0 Å². The number of carbonyl (C=O) groups is 2. The molecular weight excluding hydrogens is 1330 g/mol. The molecule has 8 aliphatic heterocycles. The van der Waals surface area contributed by atoms with Crippen molar-refractivity contribution in [3.8, 4) is 0 Å². The number of nitrogens with zero attached hydrogens (tertiary/aromatic N) is 4. The van der Waals surface area contributed by atoms with E-state index in [4.69, 9.17) is 76.3 Å². The van der Waals surface area contributed by atoms with E-state index in [0.717, 1.165) is 0 Å². The van der Waals surface area contributed by atoms with Crippen LogP contribution in [0.5, 0.6) is 0 Å². The fraction of sp³-hybridized carbons (Fsp3) is 0.946. The van der Waals surface area contributed by atoms with Crippen LogP contribution in [0.15, 0.2) is 9.98 Å². The molecule has 36 atom stereocenters. The van der Waals surface area contributed by atoms with Crippen LogP contribution in [-0.4, -0.2) is 297 Å². The number of carbonyl (C=O) groups excluding carboxylic acids is 2. The summed E-state index contributed by atoms with van der Waals surface area (Å²) in [6, 6.07) is -2.08. The molecule has 0 aromatic heterocycles. The topological polar surface area (TPSA) is 356 Å². The average molecular weight is 1460 g/mol. The summed E-state index contributed by atoms with van der Waals surface area (Å²) in [5, 5.41) is 91.1. The third-order valence-corrected chi connectivity index (χ3v) is 23.9. The second kappa shape index (κ2) is 33.9. The molecule has 592 valence electrons. The molecule has 8 rings (SSSR count). The van der Waals surface area contributed by atoms with E-state index in [0.29, 0.717) is 37.5 Å². The lowest BCUT2D eigenvalue weighted by molar-refractivity contribution is -0.315. The van der Waals surface area contributed by atoms with Gasteiger partial charge >= 0.3 is 11.9 Å². The summed E-state index contributed by atoms with van der Waals surface area (Å²) < 4.78 is 89.0. The SMILES string of the molecule is CC[C@H]1OC(=O)[C@H](C)[C@@H](O[C@H]2C[C@@](C)(OC)[C@@H](O)[C@H](C)O2)[C@H](C)[C@@H](O[C@@H]2O[C@H](C)C[C@H](N(C)C)[C@H]2O)[C@@]2(C)C[C@@H](C)C(=N[C@H](C)[C@@H](O)[C@]1(C)O)O2.CC[C@H]1OC(=O)[C@H](C)[C@@H](O[C@H]2C[C@@](C)(OC)[C@@H](O)[C@H](C)O2)[C@H](C)[C@@H](O[C@@H]2O[C@H](C)C[C@H](N(C)C)[C@H]2O)[C@@]2(C)C[C@@H](C)C(=N[C@H](C)[C@@H](O)[C@]1(C)O)O2. The molecule has 0 amide bonds. The lowest BCUT2D eigenvalue weighted by atomic mass is 9.79. The second-order valence-electron chi connectivity index (χ2n) is 33.1.